The van der Waals surface area contributed by atoms with Crippen LogP contribution in [-0.4, -0.2) is 64.9 Å². The van der Waals surface area contributed by atoms with E-state index in [2.05, 4.69) is 17.0 Å². The lowest BCUT2D eigenvalue weighted by Gasteiger charge is -2.33. The molecule has 2 amide bonds. The summed E-state index contributed by atoms with van der Waals surface area (Å²) in [5.74, 6) is -0.521. The number of aliphatic hydroxyl groups is 1. The highest BCUT2D eigenvalue weighted by molar-refractivity contribution is 7.52. The molecule has 2 aromatic rings. The molecule has 226 valence electrons. The number of ether oxygens (including phenoxy) is 2. The lowest BCUT2D eigenvalue weighted by atomic mass is 9.98. The van der Waals surface area contributed by atoms with E-state index in [4.69, 9.17) is 18.5 Å². The van der Waals surface area contributed by atoms with Crippen LogP contribution in [0, 0.1) is 0 Å². The van der Waals surface area contributed by atoms with E-state index >= 15 is 4.39 Å². The van der Waals surface area contributed by atoms with Gasteiger partial charge >= 0.3 is 19.7 Å². The molecule has 6 atom stereocenters. The molecule has 42 heavy (non-hydrogen) atoms. The number of allylic oxidation sites excluding steroid dienone is 1. The molecule has 0 radical (unpaired) electrons. The summed E-state index contributed by atoms with van der Waals surface area (Å²) in [5.41, 5.74) is -0.756. The smallest absolute Gasteiger partial charge is 0.459 e. The normalized spacial score (nSPS) is 26.1. The van der Waals surface area contributed by atoms with Gasteiger partial charge in [-0.05, 0) is 45.4 Å². The number of halogens is 1. The van der Waals surface area contributed by atoms with Gasteiger partial charge in [0.1, 0.15) is 24.0 Å². The van der Waals surface area contributed by atoms with Crippen molar-refractivity contribution in [3.8, 4) is 16.9 Å². The number of esters is 1. The third-order valence-corrected chi connectivity index (χ3v) is 8.19. The van der Waals surface area contributed by atoms with Gasteiger partial charge in [0.05, 0.1) is 12.7 Å². The van der Waals surface area contributed by atoms with E-state index in [0.717, 1.165) is 17.4 Å². The van der Waals surface area contributed by atoms with E-state index in [1.54, 1.807) is 38.1 Å². The number of benzene rings is 2. The van der Waals surface area contributed by atoms with E-state index in [9.17, 15) is 19.3 Å². The molecule has 2 aliphatic heterocycles. The van der Waals surface area contributed by atoms with Gasteiger partial charge in [0.2, 0.25) is 0 Å². The van der Waals surface area contributed by atoms with E-state index in [1.165, 1.54) is 19.2 Å². The van der Waals surface area contributed by atoms with Gasteiger partial charge < -0.3 is 24.4 Å². The molecule has 2 aliphatic rings. The second-order valence-corrected chi connectivity index (χ2v) is 12.1. The number of carbonyl (C=O) groups excluding carboxylic acids is 2. The van der Waals surface area contributed by atoms with Gasteiger partial charge in [0, 0.05) is 17.5 Å². The molecule has 0 aromatic heterocycles. The van der Waals surface area contributed by atoms with Crippen LogP contribution in [0.3, 0.4) is 0 Å². The standard InChI is InChI=1S/C29H35FN3O8P/c1-18(2)39-26(35)20(4)32-42(37,41-23-14-10-9-13-22(23)21-11-7-6-8-12-21)38-17-24-25(34)29(5,30)27(40-24)33-16-15-19(3)31-28(33)36/h6-16,18,20,24-25,27,34H,3,17H2,1-2,4-5H3,(H,31,36)(H,32,37)/t20-,24+,25+,27+,29+,42?/m0/s1. The maximum atomic E-state index is 15.7. The van der Waals surface area contributed by atoms with Crippen LogP contribution in [0.25, 0.3) is 11.1 Å². The number of nitrogens with zero attached hydrogens (tertiary/aromatic N) is 1. The molecule has 3 N–H and O–H groups in total. The minimum atomic E-state index is -4.42. The first-order valence-corrected chi connectivity index (χ1v) is 14.9. The molecule has 2 aromatic carbocycles. The Hall–Kier alpha value is -3.54. The lowest BCUT2D eigenvalue weighted by Crippen LogP contribution is -2.53. The van der Waals surface area contributed by atoms with Crippen LogP contribution in [0.15, 0.2) is 79.1 Å². The van der Waals surface area contributed by atoms with Gasteiger partial charge in [0.25, 0.3) is 0 Å². The molecule has 1 fully saturated rings. The first-order chi connectivity index (χ1) is 19.8. The summed E-state index contributed by atoms with van der Waals surface area (Å²) in [4.78, 5) is 26.0. The van der Waals surface area contributed by atoms with E-state index in [1.807, 2.05) is 30.3 Å². The Labute approximate surface area is 243 Å². The van der Waals surface area contributed by atoms with Crippen molar-refractivity contribution < 1.29 is 42.2 Å². The maximum Gasteiger partial charge on any atom is 0.459 e. The highest BCUT2D eigenvalue weighted by Crippen LogP contribution is 2.49. The number of rotatable bonds is 11. The Balaban J connectivity index is 1.58. The van der Waals surface area contributed by atoms with Crippen molar-refractivity contribution in [2.45, 2.75) is 63.9 Å². The molecule has 4 rings (SSSR count). The van der Waals surface area contributed by atoms with Crippen molar-refractivity contribution >= 4 is 19.7 Å². The summed E-state index contributed by atoms with van der Waals surface area (Å²) in [7, 11) is -4.42. The average Bonchev–Trinajstić information content (AvgIpc) is 3.16. The van der Waals surface area contributed by atoms with Crippen LogP contribution in [0.5, 0.6) is 5.75 Å². The number of amides is 2. The Morgan fingerprint density at radius 2 is 1.88 bits per heavy atom. The molecular weight excluding hydrogens is 568 g/mol. The number of aliphatic hydroxyl groups excluding tert-OH is 1. The van der Waals surface area contributed by atoms with E-state index in [0.29, 0.717) is 11.3 Å². The summed E-state index contributed by atoms with van der Waals surface area (Å²) in [6.45, 7) is 8.86. The molecule has 13 heteroatoms. The fraction of sp³-hybridized carbons (Fsp3) is 0.379. The number of para-hydroxylation sites is 1. The van der Waals surface area contributed by atoms with Crippen LogP contribution in [0.4, 0.5) is 9.18 Å². The summed E-state index contributed by atoms with van der Waals surface area (Å²) in [6, 6.07) is 14.2. The van der Waals surface area contributed by atoms with Crippen LogP contribution in [0.2, 0.25) is 0 Å². The quantitative estimate of drug-likeness (QED) is 0.248. The van der Waals surface area contributed by atoms with Gasteiger partial charge in [-0.15, -0.1) is 0 Å². The van der Waals surface area contributed by atoms with Gasteiger partial charge in [-0.25, -0.2) is 13.8 Å². The zero-order valence-corrected chi connectivity index (χ0v) is 24.6. The van der Waals surface area contributed by atoms with Gasteiger partial charge in [-0.1, -0.05) is 55.1 Å². The predicted octanol–water partition coefficient (Wildman–Crippen LogP) is 4.65. The number of hydrogen-bond donors (Lipinski definition) is 3. The van der Waals surface area contributed by atoms with Crippen LogP contribution in [-0.2, 0) is 23.4 Å². The summed E-state index contributed by atoms with van der Waals surface area (Å²) in [6.07, 6.45) is -2.36. The topological polar surface area (TPSA) is 136 Å². The highest BCUT2D eigenvalue weighted by atomic mass is 31.2. The Morgan fingerprint density at radius 3 is 2.55 bits per heavy atom. The fourth-order valence-electron chi connectivity index (χ4n) is 4.43. The van der Waals surface area contributed by atoms with Crippen molar-refractivity contribution in [2.24, 2.45) is 0 Å². The molecule has 1 saturated heterocycles. The van der Waals surface area contributed by atoms with Crippen LogP contribution < -0.4 is 14.9 Å². The number of hydrogen-bond acceptors (Lipinski definition) is 8. The summed E-state index contributed by atoms with van der Waals surface area (Å²) < 4.78 is 52.5. The predicted molar refractivity (Wildman–Crippen MR) is 153 cm³/mol. The monoisotopic (exact) mass is 603 g/mol. The first-order valence-electron chi connectivity index (χ1n) is 13.4. The van der Waals surface area contributed by atoms with Crippen molar-refractivity contribution in [3.63, 3.8) is 0 Å². The minimum Gasteiger partial charge on any atom is -0.462 e. The summed E-state index contributed by atoms with van der Waals surface area (Å²) in [5, 5.41) is 15.8. The Morgan fingerprint density at radius 1 is 1.21 bits per heavy atom. The summed E-state index contributed by atoms with van der Waals surface area (Å²) >= 11 is 0. The maximum absolute atomic E-state index is 15.7. The van der Waals surface area contributed by atoms with Gasteiger partial charge in [-0.3, -0.25) is 14.2 Å². The van der Waals surface area contributed by atoms with Crippen molar-refractivity contribution in [3.05, 3.63) is 79.1 Å². The average molecular weight is 604 g/mol. The minimum absolute atomic E-state index is 0.181. The largest absolute Gasteiger partial charge is 0.462 e. The molecule has 0 saturated carbocycles. The van der Waals surface area contributed by atoms with Crippen molar-refractivity contribution in [1.29, 1.82) is 0 Å². The molecule has 1 unspecified atom stereocenters. The zero-order chi connectivity index (χ0) is 30.7. The number of urea groups is 1. The number of nitrogens with one attached hydrogen (secondary N) is 2. The Bertz CT molecular complexity index is 1390. The zero-order valence-electron chi connectivity index (χ0n) is 23.7. The first kappa shape index (κ1) is 31.4. The van der Waals surface area contributed by atoms with Gasteiger partial charge in [-0.2, -0.15) is 5.09 Å². The number of carbonyl (C=O) groups is 2. The fourth-order valence-corrected chi connectivity index (χ4v) is 5.96. The molecular formula is C29H35FN3O8P. The Kier molecular flexibility index (Phi) is 9.54. The lowest BCUT2D eigenvalue weighted by molar-refractivity contribution is -0.149. The van der Waals surface area contributed by atoms with Gasteiger partial charge in [0.15, 0.2) is 11.9 Å². The van der Waals surface area contributed by atoms with E-state index in [-0.39, 0.29) is 5.75 Å². The van der Waals surface area contributed by atoms with E-state index < -0.39 is 62.6 Å². The van der Waals surface area contributed by atoms with Crippen molar-refractivity contribution in [1.82, 2.24) is 15.3 Å². The van der Waals surface area contributed by atoms with Crippen LogP contribution >= 0.6 is 7.75 Å². The third kappa shape index (κ3) is 7.08. The van der Waals surface area contributed by atoms with Crippen LogP contribution in [0.1, 0.15) is 27.7 Å². The van der Waals surface area contributed by atoms with Crippen molar-refractivity contribution in [2.75, 3.05) is 6.61 Å². The highest BCUT2D eigenvalue weighted by Gasteiger charge is 2.57. The molecule has 11 nitrogen and oxygen atoms in total. The molecule has 2 heterocycles. The number of alkyl halides is 1. The molecule has 0 spiro atoms. The molecule has 0 bridgehead atoms. The second kappa shape index (κ2) is 12.8. The molecule has 0 aliphatic carbocycles. The second-order valence-electron chi connectivity index (χ2n) is 10.4. The SMILES string of the molecule is C=C1C=CN([C@@H]2O[C@H](COP(=O)(N[C@@H](C)C(=O)OC(C)C)Oc3ccccc3-c3ccccc3)[C@@H](O)[C@@]2(C)F)C(=O)N1. The third-order valence-electron chi connectivity index (χ3n) is 6.56.